The molecule has 0 heterocycles. The second-order valence-corrected chi connectivity index (χ2v) is 8.70. The molecule has 0 amide bonds. The minimum atomic E-state index is 0.762. The van der Waals surface area contributed by atoms with E-state index in [1.54, 1.807) is 5.56 Å². The summed E-state index contributed by atoms with van der Waals surface area (Å²) in [5.41, 5.74) is 4.30. The lowest BCUT2D eigenvalue weighted by Gasteiger charge is -2.19. The first kappa shape index (κ1) is 38.9. The van der Waals surface area contributed by atoms with E-state index in [1.807, 2.05) is 13.8 Å². The zero-order valence-corrected chi connectivity index (χ0v) is 24.9. The highest BCUT2D eigenvalue weighted by atomic mass is 14.3. The van der Waals surface area contributed by atoms with E-state index in [2.05, 4.69) is 99.4 Å². The second-order valence-electron chi connectivity index (χ2n) is 8.70. The van der Waals surface area contributed by atoms with E-state index in [9.17, 15) is 0 Å². The van der Waals surface area contributed by atoms with Gasteiger partial charge in [0.2, 0.25) is 0 Å². The summed E-state index contributed by atoms with van der Waals surface area (Å²) >= 11 is 0. The molecule has 1 aromatic rings. The summed E-state index contributed by atoms with van der Waals surface area (Å²) in [5.74, 6) is 1.70. The number of benzene rings is 1. The smallest absolute Gasteiger partial charge is 0.0162 e. The van der Waals surface area contributed by atoms with Crippen molar-refractivity contribution in [3.63, 3.8) is 0 Å². The van der Waals surface area contributed by atoms with Crippen molar-refractivity contribution >= 4 is 0 Å². The zero-order valence-electron chi connectivity index (χ0n) is 24.9. The van der Waals surface area contributed by atoms with Crippen LogP contribution >= 0.6 is 0 Å². The van der Waals surface area contributed by atoms with Crippen molar-refractivity contribution in [3.05, 3.63) is 60.7 Å². The lowest BCUT2D eigenvalue weighted by atomic mass is 9.86. The van der Waals surface area contributed by atoms with Crippen LogP contribution in [0, 0.1) is 5.92 Å². The number of aryl methyl sites for hydroxylation is 1. The third-order valence-corrected chi connectivity index (χ3v) is 5.48. The molecular formula is C33H64. The van der Waals surface area contributed by atoms with Crippen LogP contribution in [-0.2, 0) is 6.42 Å². The standard InChI is InChI=1S/C15H22.C7H14.C4H10.C3H8.C2H6.C2H4/c1-3-13-8-10-15(11-9-13)12(2)14-6-4-5-7-14;1-4-5-6-7(2)3;1-3-4-2;1-3-2;2*1-2/h8-12,14H,3-7H2,1-2H3;2,4-6H2,1,3H3;3-4H2,1-2H3;3H2,1-2H3;1-2H3;1-2H2. The Morgan fingerprint density at radius 1 is 0.848 bits per heavy atom. The first-order chi connectivity index (χ1) is 15.9. The van der Waals surface area contributed by atoms with Gasteiger partial charge >= 0.3 is 0 Å². The van der Waals surface area contributed by atoms with Crippen molar-refractivity contribution in [1.29, 1.82) is 0 Å². The molecule has 1 saturated carbocycles. The lowest BCUT2D eigenvalue weighted by molar-refractivity contribution is 0.461. The monoisotopic (exact) mass is 461 g/mol. The van der Waals surface area contributed by atoms with E-state index < -0.39 is 0 Å². The molecule has 0 heteroatoms. The predicted octanol–water partition coefficient (Wildman–Crippen LogP) is 12.3. The second kappa shape index (κ2) is 32.9. The largest absolute Gasteiger partial charge is 0.106 e. The summed E-state index contributed by atoms with van der Waals surface area (Å²) in [7, 11) is 0. The Labute approximate surface area is 212 Å². The van der Waals surface area contributed by atoms with Gasteiger partial charge in [-0.05, 0) is 62.0 Å². The third-order valence-electron chi connectivity index (χ3n) is 5.48. The number of hydrogen-bond donors (Lipinski definition) is 0. The normalized spacial score (nSPS) is 12.4. The van der Waals surface area contributed by atoms with E-state index in [0.29, 0.717) is 0 Å². The zero-order chi connectivity index (χ0) is 26.5. The molecule has 1 fully saturated rings. The minimum absolute atomic E-state index is 0.762. The van der Waals surface area contributed by atoms with Gasteiger partial charge in [-0.3, -0.25) is 0 Å². The summed E-state index contributed by atoms with van der Waals surface area (Å²) in [6, 6.07) is 9.26. The average molecular weight is 461 g/mol. The summed E-state index contributed by atoms with van der Waals surface area (Å²) in [4.78, 5) is 0. The van der Waals surface area contributed by atoms with Crippen molar-refractivity contribution in [2.24, 2.45) is 5.92 Å². The Morgan fingerprint density at radius 3 is 1.55 bits per heavy atom. The fourth-order valence-corrected chi connectivity index (χ4v) is 3.27. The molecule has 0 saturated heterocycles. The van der Waals surface area contributed by atoms with Gasteiger partial charge < -0.3 is 0 Å². The fraction of sp³-hybridized carbons (Fsp3) is 0.697. The van der Waals surface area contributed by atoms with Crippen LogP contribution in [0.3, 0.4) is 0 Å². The van der Waals surface area contributed by atoms with E-state index >= 15 is 0 Å². The number of hydrogen-bond acceptors (Lipinski definition) is 0. The lowest BCUT2D eigenvalue weighted by Crippen LogP contribution is -2.05. The Balaban J connectivity index is -0.000000196. The van der Waals surface area contributed by atoms with E-state index in [4.69, 9.17) is 0 Å². The highest BCUT2D eigenvalue weighted by Crippen LogP contribution is 2.36. The third kappa shape index (κ3) is 26.8. The first-order valence-electron chi connectivity index (χ1n) is 14.1. The summed E-state index contributed by atoms with van der Waals surface area (Å²) in [5, 5.41) is 0. The molecule has 0 bridgehead atoms. The molecule has 1 aromatic carbocycles. The van der Waals surface area contributed by atoms with Gasteiger partial charge in [0.25, 0.3) is 0 Å². The maximum atomic E-state index is 3.79. The van der Waals surface area contributed by atoms with E-state index in [1.165, 1.54) is 75.3 Å². The topological polar surface area (TPSA) is 0 Å². The predicted molar refractivity (Wildman–Crippen MR) is 160 cm³/mol. The summed E-state index contributed by atoms with van der Waals surface area (Å²) < 4.78 is 0. The quantitative estimate of drug-likeness (QED) is 0.355. The van der Waals surface area contributed by atoms with Gasteiger partial charge in [0.1, 0.15) is 0 Å². The molecule has 33 heavy (non-hydrogen) atoms. The maximum absolute atomic E-state index is 3.79. The number of rotatable bonds is 7. The van der Waals surface area contributed by atoms with Gasteiger partial charge in [0.15, 0.2) is 0 Å². The van der Waals surface area contributed by atoms with Crippen molar-refractivity contribution in [3.8, 4) is 0 Å². The molecular weight excluding hydrogens is 396 g/mol. The Morgan fingerprint density at radius 2 is 1.27 bits per heavy atom. The highest BCUT2D eigenvalue weighted by Gasteiger charge is 2.22. The van der Waals surface area contributed by atoms with E-state index in [0.717, 1.165) is 18.3 Å². The Kier molecular flexibility index (Phi) is 38.8. The van der Waals surface area contributed by atoms with Crippen LogP contribution in [0.4, 0.5) is 0 Å². The fourth-order valence-electron chi connectivity index (χ4n) is 3.27. The summed E-state index contributed by atoms with van der Waals surface area (Å²) in [6.45, 7) is 31.3. The molecule has 0 radical (unpaired) electrons. The van der Waals surface area contributed by atoms with Gasteiger partial charge in [-0.25, -0.2) is 0 Å². The van der Waals surface area contributed by atoms with Crippen LogP contribution in [0.25, 0.3) is 0 Å². The summed E-state index contributed by atoms with van der Waals surface area (Å²) in [6.07, 6.45) is 14.6. The van der Waals surface area contributed by atoms with Crippen molar-refractivity contribution < 1.29 is 0 Å². The van der Waals surface area contributed by atoms with Crippen molar-refractivity contribution in [1.82, 2.24) is 0 Å². The maximum Gasteiger partial charge on any atom is -0.0162 e. The molecule has 1 atom stereocenters. The van der Waals surface area contributed by atoms with Gasteiger partial charge in [-0.1, -0.05) is 131 Å². The van der Waals surface area contributed by atoms with Crippen LogP contribution in [0.2, 0.25) is 0 Å². The van der Waals surface area contributed by atoms with Gasteiger partial charge in [0.05, 0.1) is 0 Å². The Hall–Kier alpha value is -1.30. The molecule has 0 nitrogen and oxygen atoms in total. The van der Waals surface area contributed by atoms with Crippen molar-refractivity contribution in [2.45, 2.75) is 146 Å². The minimum Gasteiger partial charge on any atom is -0.106 e. The van der Waals surface area contributed by atoms with Crippen LogP contribution < -0.4 is 0 Å². The SMILES string of the molecule is C=C.C=C(C)CCCC.CC.CCC.CCCC.CCc1ccc(C(C)C2CCCC2)cc1. The average Bonchev–Trinajstić information content (AvgIpc) is 3.41. The Bertz CT molecular complexity index is 459. The molecule has 2 rings (SSSR count). The van der Waals surface area contributed by atoms with E-state index in [-0.39, 0.29) is 0 Å². The first-order valence-corrected chi connectivity index (χ1v) is 14.1. The highest BCUT2D eigenvalue weighted by molar-refractivity contribution is 5.25. The van der Waals surface area contributed by atoms with Crippen molar-refractivity contribution in [2.75, 3.05) is 0 Å². The molecule has 1 aliphatic carbocycles. The molecule has 0 N–H and O–H groups in total. The molecule has 0 spiro atoms. The molecule has 1 unspecified atom stereocenters. The van der Waals surface area contributed by atoms with Gasteiger partial charge in [0, 0.05) is 0 Å². The van der Waals surface area contributed by atoms with Gasteiger partial charge in [-0.15, -0.1) is 19.7 Å². The molecule has 0 aromatic heterocycles. The van der Waals surface area contributed by atoms with Crippen LogP contribution in [-0.4, -0.2) is 0 Å². The van der Waals surface area contributed by atoms with Crippen LogP contribution in [0.1, 0.15) is 150 Å². The number of allylic oxidation sites excluding steroid dienone is 1. The molecule has 196 valence electrons. The molecule has 0 aliphatic heterocycles. The van der Waals surface area contributed by atoms with Crippen LogP contribution in [0.15, 0.2) is 49.6 Å². The van der Waals surface area contributed by atoms with Gasteiger partial charge in [-0.2, -0.15) is 0 Å². The number of unbranched alkanes of at least 4 members (excludes halogenated alkanes) is 2. The molecule has 1 aliphatic rings. The van der Waals surface area contributed by atoms with Crippen LogP contribution in [0.5, 0.6) is 0 Å².